The van der Waals surface area contributed by atoms with Crippen LogP contribution in [-0.2, 0) is 6.42 Å². The van der Waals surface area contributed by atoms with E-state index in [1.807, 2.05) is 12.1 Å². The van der Waals surface area contributed by atoms with Gasteiger partial charge in [0.2, 0.25) is 0 Å². The molecule has 0 aliphatic carbocycles. The van der Waals surface area contributed by atoms with E-state index in [-0.39, 0.29) is 0 Å². The molecule has 1 aromatic rings. The third-order valence-corrected chi connectivity index (χ3v) is 3.31. The number of benzene rings is 1. The highest BCUT2D eigenvalue weighted by molar-refractivity contribution is 5.40. The molecular weight excluding hydrogens is 208 g/mol. The van der Waals surface area contributed by atoms with E-state index < -0.39 is 0 Å². The van der Waals surface area contributed by atoms with Crippen molar-refractivity contribution in [1.29, 1.82) is 0 Å². The summed E-state index contributed by atoms with van der Waals surface area (Å²) in [7, 11) is 0. The molecular formula is C15H26N2. The molecule has 0 saturated heterocycles. The van der Waals surface area contributed by atoms with E-state index in [1.165, 1.54) is 24.9 Å². The van der Waals surface area contributed by atoms with Gasteiger partial charge in [0.05, 0.1) is 0 Å². The quantitative estimate of drug-likeness (QED) is 0.733. The van der Waals surface area contributed by atoms with Crippen molar-refractivity contribution in [2.24, 2.45) is 0 Å². The average Bonchev–Trinajstić information content (AvgIpc) is 2.30. The molecule has 0 aromatic heterocycles. The van der Waals surface area contributed by atoms with Gasteiger partial charge in [0.25, 0.3) is 0 Å². The smallest absolute Gasteiger partial charge is 0.0316 e. The van der Waals surface area contributed by atoms with E-state index in [0.29, 0.717) is 6.04 Å². The summed E-state index contributed by atoms with van der Waals surface area (Å²) in [5.41, 5.74) is 8.02. The van der Waals surface area contributed by atoms with Crippen molar-refractivity contribution in [3.05, 3.63) is 29.8 Å². The highest BCUT2D eigenvalue weighted by Gasteiger charge is 2.11. The Kier molecular flexibility index (Phi) is 6.06. The van der Waals surface area contributed by atoms with E-state index in [1.54, 1.807) is 0 Å². The van der Waals surface area contributed by atoms with Gasteiger partial charge in [-0.05, 0) is 50.6 Å². The van der Waals surface area contributed by atoms with Crippen LogP contribution in [0.2, 0.25) is 0 Å². The summed E-state index contributed by atoms with van der Waals surface area (Å²) >= 11 is 0. The Hall–Kier alpha value is -1.02. The fraction of sp³-hybridized carbons (Fsp3) is 0.600. The highest BCUT2D eigenvalue weighted by atomic mass is 15.1. The second-order valence-corrected chi connectivity index (χ2v) is 4.78. The van der Waals surface area contributed by atoms with Crippen LogP contribution in [0.25, 0.3) is 0 Å². The maximum atomic E-state index is 5.81. The Morgan fingerprint density at radius 1 is 1.29 bits per heavy atom. The topological polar surface area (TPSA) is 29.3 Å². The first-order valence-corrected chi connectivity index (χ1v) is 6.75. The molecule has 0 amide bonds. The van der Waals surface area contributed by atoms with Crippen LogP contribution in [0, 0.1) is 0 Å². The van der Waals surface area contributed by atoms with Crippen LogP contribution >= 0.6 is 0 Å². The number of nitrogens with two attached hydrogens (primary N) is 1. The van der Waals surface area contributed by atoms with Crippen molar-refractivity contribution < 1.29 is 0 Å². The van der Waals surface area contributed by atoms with Gasteiger partial charge >= 0.3 is 0 Å². The lowest BCUT2D eigenvalue weighted by Gasteiger charge is -2.27. The summed E-state index contributed by atoms with van der Waals surface area (Å²) < 4.78 is 0. The molecule has 1 unspecified atom stereocenters. The number of anilines is 1. The van der Waals surface area contributed by atoms with Crippen LogP contribution in [0.15, 0.2) is 24.3 Å². The molecule has 1 aromatic carbocycles. The average molecular weight is 234 g/mol. The molecule has 0 aliphatic rings. The highest BCUT2D eigenvalue weighted by Crippen LogP contribution is 2.12. The Labute approximate surface area is 106 Å². The molecule has 0 fully saturated rings. The van der Waals surface area contributed by atoms with Crippen molar-refractivity contribution >= 4 is 5.69 Å². The lowest BCUT2D eigenvalue weighted by Crippen LogP contribution is -2.35. The van der Waals surface area contributed by atoms with Crippen LogP contribution in [0.4, 0.5) is 5.69 Å². The van der Waals surface area contributed by atoms with Gasteiger partial charge < -0.3 is 10.6 Å². The largest absolute Gasteiger partial charge is 0.399 e. The molecule has 1 rings (SSSR count). The van der Waals surface area contributed by atoms with E-state index >= 15 is 0 Å². The lowest BCUT2D eigenvalue weighted by molar-refractivity contribution is 0.215. The number of hydrogen-bond donors (Lipinski definition) is 1. The molecule has 2 heteroatoms. The summed E-state index contributed by atoms with van der Waals surface area (Å²) in [5.74, 6) is 0. The molecule has 2 nitrogen and oxygen atoms in total. The van der Waals surface area contributed by atoms with E-state index in [4.69, 9.17) is 5.73 Å². The minimum atomic E-state index is 0.591. The van der Waals surface area contributed by atoms with Crippen molar-refractivity contribution in [3.63, 3.8) is 0 Å². The van der Waals surface area contributed by atoms with Gasteiger partial charge in [-0.2, -0.15) is 0 Å². The second-order valence-electron chi connectivity index (χ2n) is 4.78. The molecule has 96 valence electrons. The predicted octanol–water partition coefficient (Wildman–Crippen LogP) is 3.32. The number of rotatable bonds is 7. The fourth-order valence-corrected chi connectivity index (χ4v) is 2.24. The summed E-state index contributed by atoms with van der Waals surface area (Å²) in [5, 5.41) is 0. The first kappa shape index (κ1) is 14.0. The molecule has 2 N–H and O–H groups in total. The van der Waals surface area contributed by atoms with Crippen molar-refractivity contribution in [2.75, 3.05) is 18.8 Å². The predicted molar refractivity (Wildman–Crippen MR) is 76.2 cm³/mol. The van der Waals surface area contributed by atoms with Crippen molar-refractivity contribution in [2.45, 2.75) is 46.1 Å². The third-order valence-electron chi connectivity index (χ3n) is 3.31. The zero-order chi connectivity index (χ0) is 12.7. The Balaban J connectivity index is 2.54. The van der Waals surface area contributed by atoms with Gasteiger partial charge in [0.15, 0.2) is 0 Å². The van der Waals surface area contributed by atoms with E-state index in [9.17, 15) is 0 Å². The third kappa shape index (κ3) is 4.78. The first-order valence-electron chi connectivity index (χ1n) is 6.75. The molecule has 17 heavy (non-hydrogen) atoms. The maximum Gasteiger partial charge on any atom is 0.0316 e. The van der Waals surface area contributed by atoms with Gasteiger partial charge in [0, 0.05) is 11.7 Å². The zero-order valence-electron chi connectivity index (χ0n) is 11.4. The number of hydrogen-bond acceptors (Lipinski definition) is 2. The Morgan fingerprint density at radius 2 is 2.06 bits per heavy atom. The zero-order valence-corrected chi connectivity index (χ0v) is 11.4. The summed E-state index contributed by atoms with van der Waals surface area (Å²) in [6.45, 7) is 9.13. The van der Waals surface area contributed by atoms with Crippen molar-refractivity contribution in [3.8, 4) is 0 Å². The minimum Gasteiger partial charge on any atom is -0.399 e. The Morgan fingerprint density at radius 3 is 2.65 bits per heavy atom. The number of nitrogen functional groups attached to an aromatic ring is 1. The lowest BCUT2D eigenvalue weighted by atomic mass is 10.0. The normalized spacial score (nSPS) is 12.9. The van der Waals surface area contributed by atoms with Gasteiger partial charge in [-0.15, -0.1) is 0 Å². The van der Waals surface area contributed by atoms with Gasteiger partial charge in [-0.3, -0.25) is 0 Å². The SMILES string of the molecule is CCCCN(CC)C(C)Cc1cccc(N)c1. The number of likely N-dealkylation sites (N-methyl/N-ethyl adjacent to an activating group) is 1. The number of nitrogens with zero attached hydrogens (tertiary/aromatic N) is 1. The molecule has 0 bridgehead atoms. The van der Waals surface area contributed by atoms with Crippen LogP contribution < -0.4 is 5.73 Å². The molecule has 1 atom stereocenters. The summed E-state index contributed by atoms with van der Waals surface area (Å²) in [6.07, 6.45) is 3.64. The molecule has 0 heterocycles. The molecule has 0 radical (unpaired) electrons. The van der Waals surface area contributed by atoms with Crippen LogP contribution in [0.1, 0.15) is 39.2 Å². The van der Waals surface area contributed by atoms with Crippen LogP contribution in [-0.4, -0.2) is 24.0 Å². The monoisotopic (exact) mass is 234 g/mol. The first-order chi connectivity index (χ1) is 8.17. The maximum absolute atomic E-state index is 5.81. The minimum absolute atomic E-state index is 0.591. The fourth-order valence-electron chi connectivity index (χ4n) is 2.24. The summed E-state index contributed by atoms with van der Waals surface area (Å²) in [6, 6.07) is 8.83. The van der Waals surface area contributed by atoms with Crippen molar-refractivity contribution in [1.82, 2.24) is 4.90 Å². The van der Waals surface area contributed by atoms with Crippen LogP contribution in [0.3, 0.4) is 0 Å². The van der Waals surface area contributed by atoms with Crippen LogP contribution in [0.5, 0.6) is 0 Å². The van der Waals surface area contributed by atoms with Gasteiger partial charge in [-0.25, -0.2) is 0 Å². The second kappa shape index (κ2) is 7.33. The molecule has 0 spiro atoms. The summed E-state index contributed by atoms with van der Waals surface area (Å²) in [4.78, 5) is 2.55. The molecule has 0 aliphatic heterocycles. The molecule has 0 saturated carbocycles. The van der Waals surface area contributed by atoms with Gasteiger partial charge in [0.1, 0.15) is 0 Å². The standard InChI is InChI=1S/C15H26N2/c1-4-6-10-17(5-2)13(3)11-14-8-7-9-15(16)12-14/h7-9,12-13H,4-6,10-11,16H2,1-3H3. The number of unbranched alkanes of at least 4 members (excludes halogenated alkanes) is 1. The van der Waals surface area contributed by atoms with Gasteiger partial charge in [-0.1, -0.05) is 32.4 Å². The van der Waals surface area contributed by atoms with E-state index in [2.05, 4.69) is 37.8 Å². The van der Waals surface area contributed by atoms with E-state index in [0.717, 1.165) is 18.7 Å². The Bertz CT molecular complexity index is 322.